The molecule has 1 fully saturated rings. The number of unbranched alkanes of at least 4 members (excludes halogenated alkanes) is 2. The van der Waals surface area contributed by atoms with Gasteiger partial charge in [-0.15, -0.1) is 0 Å². The third kappa shape index (κ3) is 21.6. The molecule has 5 atom stereocenters. The van der Waals surface area contributed by atoms with Gasteiger partial charge in [0.15, 0.2) is 5.71 Å². The van der Waals surface area contributed by atoms with Gasteiger partial charge in [-0.3, -0.25) is 42.1 Å². The molecule has 106 heavy (non-hydrogen) atoms. The second-order valence-electron chi connectivity index (χ2n) is 25.1. The predicted molar refractivity (Wildman–Crippen MR) is 372 cm³/mol. The topological polar surface area (TPSA) is 566 Å². The number of aromatic amines is 1. The maximum atomic E-state index is 12.9. The van der Waals surface area contributed by atoms with Crippen LogP contribution in [0.2, 0.25) is 0 Å². The standard InChI is InChI=1S/C61H77N6O32P3S4/c1-60(2)51(65(5)45-17-15-41-43(56(45)60)31-39(103(80,81)82)33-49(41)105(86,87)88)12-9-13-52-61(3,4)57-44-32-40(104(83,84)85)34-50(106(89,90)91)42(44)16-18-46(57)66(52)22-8-6-7-14-53(69)63-21-24-93-26-28-95-30-29-94-27-25-92-23-19-54(70)62-20-10-11-38-36-67(59(72)64-58(38)71)55-35-47(68)48(97-55)37-96-101(76,77)99-102(78,79)98-100(73,74)75/h9,12-13,15-18,31-34,36,47-48,55,68H,6-8,14,19-30,35,37H2,1-5H3,(H10-,62,63,64,69,70,71,72,73,74,75,76,77,78,79,80,81,82,83,84,85,86,87,88,89,90,91)/t47-,48+,55+/m0/s1. The van der Waals surface area contributed by atoms with Crippen molar-refractivity contribution in [3.05, 3.63) is 116 Å². The molecule has 2 unspecified atom stereocenters. The summed E-state index contributed by atoms with van der Waals surface area (Å²) < 4.78 is 220. The van der Waals surface area contributed by atoms with Crippen LogP contribution in [0.4, 0.5) is 11.4 Å². The summed E-state index contributed by atoms with van der Waals surface area (Å²) in [5.74, 6) is 4.37. The van der Waals surface area contributed by atoms with Crippen LogP contribution in [0.1, 0.15) is 89.1 Å². The minimum atomic E-state index is -5.82. The summed E-state index contributed by atoms with van der Waals surface area (Å²) in [5.41, 5.74) is -0.978. The van der Waals surface area contributed by atoms with E-state index in [1.165, 1.54) is 12.1 Å². The van der Waals surface area contributed by atoms with Gasteiger partial charge in [-0.05, 0) is 90.9 Å². The molecule has 3 aliphatic heterocycles. The quantitative estimate of drug-likeness (QED) is 0.00902. The Bertz CT molecular complexity index is 5160. The molecule has 4 aromatic carbocycles. The van der Waals surface area contributed by atoms with Crippen molar-refractivity contribution in [2.75, 3.05) is 91.0 Å². The molecule has 2 amide bonds. The fourth-order valence-electron chi connectivity index (χ4n) is 12.3. The molecule has 0 spiro atoms. The summed E-state index contributed by atoms with van der Waals surface area (Å²) >= 11 is 0. The van der Waals surface area contributed by atoms with Gasteiger partial charge in [0.25, 0.3) is 35.9 Å². The molecule has 3 aliphatic rings. The van der Waals surface area contributed by atoms with E-state index in [0.29, 0.717) is 71.9 Å². The first kappa shape index (κ1) is 85.0. The maximum absolute atomic E-state index is 12.9. The van der Waals surface area contributed by atoms with Gasteiger partial charge in [0.2, 0.25) is 17.5 Å². The Hall–Kier alpha value is -6.66. The number of nitrogens with one attached hydrogen (secondary N) is 3. The Kier molecular flexibility index (Phi) is 27.3. The lowest BCUT2D eigenvalue weighted by Crippen LogP contribution is -2.34. The zero-order valence-electron chi connectivity index (χ0n) is 57.1. The van der Waals surface area contributed by atoms with Crippen LogP contribution in [0.3, 0.4) is 0 Å². The number of hydrogen-bond donors (Lipinski definition) is 11. The number of ether oxygens (including phenoxy) is 5. The third-order valence-electron chi connectivity index (χ3n) is 16.9. The molecule has 5 aromatic rings. The number of aromatic nitrogens is 2. The molecule has 8 rings (SSSR count). The Morgan fingerprint density at radius 2 is 1.29 bits per heavy atom. The number of carbonyl (C=O) groups excluding carboxylic acids is 2. The van der Waals surface area contributed by atoms with Crippen molar-refractivity contribution < 1.29 is 141 Å². The largest absolute Gasteiger partial charge is 0.744 e. The minimum absolute atomic E-state index is 0.000967. The first-order valence-electron chi connectivity index (χ1n) is 31.9. The first-order valence-corrected chi connectivity index (χ1v) is 42.2. The molecule has 11 N–H and O–H groups in total. The van der Waals surface area contributed by atoms with Crippen molar-refractivity contribution >= 4 is 114 Å². The molecule has 0 aliphatic carbocycles. The third-order valence-corrected chi connectivity index (χ3v) is 24.2. The molecule has 4 heterocycles. The zero-order chi connectivity index (χ0) is 78.3. The smallest absolute Gasteiger partial charge is 0.490 e. The van der Waals surface area contributed by atoms with E-state index in [2.05, 4.69) is 35.6 Å². The van der Waals surface area contributed by atoms with Gasteiger partial charge in [0.05, 0.1) is 92.2 Å². The van der Waals surface area contributed by atoms with Crippen molar-refractivity contribution in [1.82, 2.24) is 20.2 Å². The van der Waals surface area contributed by atoms with Crippen LogP contribution in [0.25, 0.3) is 21.5 Å². The Labute approximate surface area is 606 Å². The average molecular weight is 1630 g/mol. The number of carbonyl (C=O) groups is 2. The van der Waals surface area contributed by atoms with Crippen LogP contribution >= 0.6 is 23.5 Å². The summed E-state index contributed by atoms with van der Waals surface area (Å²) in [5, 5.41) is 15.9. The highest BCUT2D eigenvalue weighted by molar-refractivity contribution is 7.87. The summed E-state index contributed by atoms with van der Waals surface area (Å²) in [6.45, 7) is 8.01. The van der Waals surface area contributed by atoms with Gasteiger partial charge in [0.1, 0.15) is 40.0 Å². The number of anilines is 1. The molecule has 0 saturated carbocycles. The van der Waals surface area contributed by atoms with Crippen LogP contribution in [-0.2, 0) is 111 Å². The lowest BCUT2D eigenvalue weighted by atomic mass is 9.79. The van der Waals surface area contributed by atoms with Gasteiger partial charge < -0.3 is 68.5 Å². The molecule has 45 heteroatoms. The SMILES string of the molecule is C[N+]1=C(/C=C/C=C2/N(CCCCCC(=O)NCCOCCOCCOCCOCCC(=O)NCC#Cc3cn([C@H]4C[C@H](O)[C@@H](COP(=O)(O)OP(=O)(O)OP(=O)(O)O)O4)c(=O)[nH]c3=O)c3ccc4c(S(=O)(=O)[O-])cc(S(=O)(=O)O)cc4c3C2(C)C)C(C)(C)c2c1ccc1c(S(=O)(=O)O)cc(S(=O)(=O)O)cc21. The van der Waals surface area contributed by atoms with Crippen molar-refractivity contribution in [3.8, 4) is 11.8 Å². The van der Waals surface area contributed by atoms with Crippen LogP contribution in [-0.4, -0.2) is 207 Å². The lowest BCUT2D eigenvalue weighted by molar-refractivity contribution is -0.401. The number of rotatable bonds is 36. The molecule has 0 radical (unpaired) electrons. The predicted octanol–water partition coefficient (Wildman–Crippen LogP) is 3.02. The second kappa shape index (κ2) is 34.1. The van der Waals surface area contributed by atoms with Crippen molar-refractivity contribution in [2.24, 2.45) is 0 Å². The normalized spacial score (nSPS) is 19.0. The average Bonchev–Trinajstić information content (AvgIpc) is 1.54. The number of amides is 2. The van der Waals surface area contributed by atoms with E-state index in [9.17, 15) is 99.6 Å². The van der Waals surface area contributed by atoms with E-state index in [0.717, 1.165) is 22.9 Å². The summed E-state index contributed by atoms with van der Waals surface area (Å²) in [4.78, 5) is 87.4. The van der Waals surface area contributed by atoms with Crippen LogP contribution in [0.5, 0.6) is 0 Å². The number of phosphoric ester groups is 1. The Morgan fingerprint density at radius 1 is 0.717 bits per heavy atom. The fraction of sp³-hybridized carbons (Fsp3) is 0.459. The number of phosphoric acid groups is 3. The summed E-state index contributed by atoms with van der Waals surface area (Å²) in [7, 11) is -35.6. The highest BCUT2D eigenvalue weighted by Crippen LogP contribution is 2.66. The van der Waals surface area contributed by atoms with E-state index >= 15 is 0 Å². The van der Waals surface area contributed by atoms with Gasteiger partial charge in [-0.2, -0.15) is 38.5 Å². The molecule has 1 saturated heterocycles. The van der Waals surface area contributed by atoms with E-state index in [-0.39, 0.29) is 118 Å². The molecule has 0 bridgehead atoms. The molecule has 38 nitrogen and oxygen atoms in total. The summed E-state index contributed by atoms with van der Waals surface area (Å²) in [6, 6.07) is 9.56. The number of benzene rings is 4. The monoisotopic (exact) mass is 1630 g/mol. The van der Waals surface area contributed by atoms with Crippen molar-refractivity contribution in [1.29, 1.82) is 0 Å². The number of allylic oxidation sites excluding steroid dienone is 4. The number of nitrogens with zero attached hydrogens (tertiary/aromatic N) is 3. The number of aliphatic hydroxyl groups excluding tert-OH is 1. The molecular weight excluding hydrogens is 1550 g/mol. The van der Waals surface area contributed by atoms with Crippen molar-refractivity contribution in [2.45, 2.75) is 115 Å². The highest BCUT2D eigenvalue weighted by Gasteiger charge is 2.47. The van der Waals surface area contributed by atoms with E-state index in [4.69, 9.17) is 33.5 Å². The number of H-pyrrole nitrogens is 1. The van der Waals surface area contributed by atoms with E-state index in [1.54, 1.807) is 42.0 Å². The molecule has 1 aromatic heterocycles. The number of aliphatic hydroxyl groups is 1. The number of fused-ring (bicyclic) bond motifs is 6. The highest BCUT2D eigenvalue weighted by atomic mass is 32.2. The van der Waals surface area contributed by atoms with Gasteiger partial charge >= 0.3 is 29.2 Å². The Balaban J connectivity index is 0.737. The van der Waals surface area contributed by atoms with Gasteiger partial charge in [-0.1, -0.05) is 44.3 Å². The maximum Gasteiger partial charge on any atom is 0.490 e. The first-order chi connectivity index (χ1) is 49.2. The lowest BCUT2D eigenvalue weighted by Gasteiger charge is -2.27. The fourth-order valence-corrected chi connectivity index (χ4v) is 18.0. The van der Waals surface area contributed by atoms with Gasteiger partial charge in [-0.25, -0.2) is 26.9 Å². The summed E-state index contributed by atoms with van der Waals surface area (Å²) in [6.07, 6.45) is 3.31. The van der Waals surface area contributed by atoms with Crippen molar-refractivity contribution in [3.63, 3.8) is 0 Å². The second-order valence-corrected chi connectivity index (χ2v) is 35.1. The zero-order valence-corrected chi connectivity index (χ0v) is 63.0. The number of hydrogen-bond acceptors (Lipinski definition) is 26. The van der Waals surface area contributed by atoms with E-state index < -0.39 is 137 Å². The van der Waals surface area contributed by atoms with Crippen LogP contribution in [0, 0.1) is 11.8 Å². The minimum Gasteiger partial charge on any atom is -0.744 e. The molecular formula is C61H77N6O32P3S4. The Morgan fingerprint density at radius 3 is 1.90 bits per heavy atom. The molecule has 582 valence electrons. The van der Waals surface area contributed by atoms with E-state index in [1.807, 2.05) is 37.6 Å². The van der Waals surface area contributed by atoms with Crippen LogP contribution < -0.4 is 26.8 Å². The van der Waals surface area contributed by atoms with Gasteiger partial charge in [0, 0.05) is 78.4 Å². The van der Waals surface area contributed by atoms with Crippen LogP contribution in [0.15, 0.2) is 108 Å².